The topological polar surface area (TPSA) is 20.3 Å². The van der Waals surface area contributed by atoms with Crippen molar-refractivity contribution in [2.24, 2.45) is 5.92 Å². The maximum absolute atomic E-state index is 11.3. The first-order valence-electron chi connectivity index (χ1n) is 4.54. The molecule has 0 saturated carbocycles. The van der Waals surface area contributed by atoms with E-state index in [0.717, 1.165) is 13.1 Å². The van der Waals surface area contributed by atoms with Crippen LogP contribution in [0.5, 0.6) is 0 Å². The normalized spacial score (nSPS) is 32.0. The van der Waals surface area contributed by atoms with Gasteiger partial charge in [-0.05, 0) is 6.92 Å². The molecule has 0 bridgehead atoms. The number of carbonyl (C=O) groups is 1. The van der Waals surface area contributed by atoms with Gasteiger partial charge in [-0.1, -0.05) is 13.0 Å². The fourth-order valence-electron chi connectivity index (χ4n) is 1.69. The van der Waals surface area contributed by atoms with Crippen LogP contribution in [0.1, 0.15) is 20.3 Å². The van der Waals surface area contributed by atoms with Gasteiger partial charge in [-0.25, -0.2) is 0 Å². The highest BCUT2D eigenvalue weighted by Crippen LogP contribution is 2.19. The van der Waals surface area contributed by atoms with Crippen molar-refractivity contribution < 1.29 is 4.79 Å². The minimum atomic E-state index is 0.193. The second-order valence-electron chi connectivity index (χ2n) is 3.53. The second kappa shape index (κ2) is 3.85. The summed E-state index contributed by atoms with van der Waals surface area (Å²) in [5.74, 6) is 0.599. The Morgan fingerprint density at radius 1 is 1.67 bits per heavy atom. The van der Waals surface area contributed by atoms with Gasteiger partial charge in [0, 0.05) is 31.5 Å². The lowest BCUT2D eigenvalue weighted by Gasteiger charge is -2.36. The Bertz CT molecular complexity index is 188. The Morgan fingerprint density at radius 2 is 2.33 bits per heavy atom. The summed E-state index contributed by atoms with van der Waals surface area (Å²) in [4.78, 5) is 13.6. The largest absolute Gasteiger partial charge is 0.299 e. The molecule has 0 radical (unpaired) electrons. The lowest BCUT2D eigenvalue weighted by atomic mass is 9.91. The predicted octanol–water partition coefficient (Wildman–Crippen LogP) is 1.47. The Morgan fingerprint density at radius 3 is 2.92 bits per heavy atom. The zero-order valence-corrected chi connectivity index (χ0v) is 7.92. The maximum Gasteiger partial charge on any atom is 0.138 e. The van der Waals surface area contributed by atoms with E-state index in [4.69, 9.17) is 0 Å². The van der Waals surface area contributed by atoms with Gasteiger partial charge in [-0.2, -0.15) is 0 Å². The van der Waals surface area contributed by atoms with Gasteiger partial charge in [0.05, 0.1) is 0 Å². The third-order valence-electron chi connectivity index (χ3n) is 2.82. The monoisotopic (exact) mass is 167 g/mol. The fraction of sp³-hybridized carbons (Fsp3) is 0.700. The first kappa shape index (κ1) is 9.46. The molecule has 0 aromatic carbocycles. The molecule has 0 unspecified atom stereocenters. The Hall–Kier alpha value is -0.630. The molecule has 1 rings (SSSR count). The van der Waals surface area contributed by atoms with E-state index < -0.39 is 0 Å². The van der Waals surface area contributed by atoms with Crippen molar-refractivity contribution in [2.45, 2.75) is 26.3 Å². The third kappa shape index (κ3) is 1.75. The standard InChI is InChI=1S/C10H17NO/c1-4-6-11-7-5-10(12)8(2)9(11)3/h4,8-9H,1,5-7H2,2-3H3/t8-,9-/m1/s1. The Kier molecular flexibility index (Phi) is 3.04. The summed E-state index contributed by atoms with van der Waals surface area (Å²) in [7, 11) is 0. The highest BCUT2D eigenvalue weighted by molar-refractivity contribution is 5.82. The van der Waals surface area contributed by atoms with Gasteiger partial charge in [0.25, 0.3) is 0 Å². The van der Waals surface area contributed by atoms with Crippen molar-refractivity contribution >= 4 is 5.78 Å². The number of carbonyl (C=O) groups excluding carboxylic acids is 1. The SMILES string of the molecule is C=CCN1CCC(=O)[C@H](C)[C@H]1C. The van der Waals surface area contributed by atoms with Gasteiger partial charge in [-0.15, -0.1) is 6.58 Å². The summed E-state index contributed by atoms with van der Waals surface area (Å²) >= 11 is 0. The molecule has 0 amide bonds. The Labute approximate surface area is 74.2 Å². The summed E-state index contributed by atoms with van der Waals surface area (Å²) in [6.07, 6.45) is 2.61. The van der Waals surface area contributed by atoms with Crippen LogP contribution in [-0.2, 0) is 4.79 Å². The Balaban J connectivity index is 2.58. The van der Waals surface area contributed by atoms with Crippen LogP contribution in [0.2, 0.25) is 0 Å². The van der Waals surface area contributed by atoms with Crippen molar-refractivity contribution in [3.05, 3.63) is 12.7 Å². The smallest absolute Gasteiger partial charge is 0.138 e. The molecule has 1 heterocycles. The van der Waals surface area contributed by atoms with Gasteiger partial charge in [-0.3, -0.25) is 9.69 Å². The molecule has 1 saturated heterocycles. The number of piperidine rings is 1. The van der Waals surface area contributed by atoms with E-state index in [1.54, 1.807) is 0 Å². The molecule has 1 aliphatic rings. The number of ketones is 1. The number of rotatable bonds is 2. The van der Waals surface area contributed by atoms with Crippen molar-refractivity contribution in [3.63, 3.8) is 0 Å². The van der Waals surface area contributed by atoms with Crippen LogP contribution in [0.15, 0.2) is 12.7 Å². The summed E-state index contributed by atoms with van der Waals surface area (Å²) in [6.45, 7) is 9.64. The molecule has 0 aromatic rings. The molecule has 1 aliphatic heterocycles. The van der Waals surface area contributed by atoms with E-state index in [9.17, 15) is 4.79 Å². The molecule has 68 valence electrons. The number of Topliss-reactive ketones (excluding diaryl/α,β-unsaturated/α-hetero) is 1. The summed E-state index contributed by atoms with van der Waals surface area (Å²) in [5, 5.41) is 0. The summed E-state index contributed by atoms with van der Waals surface area (Å²) in [6, 6.07) is 0.379. The van der Waals surface area contributed by atoms with Crippen LogP contribution >= 0.6 is 0 Å². The molecular weight excluding hydrogens is 150 g/mol. The van der Waals surface area contributed by atoms with Crippen LogP contribution in [0.3, 0.4) is 0 Å². The molecular formula is C10H17NO. The number of nitrogens with zero attached hydrogens (tertiary/aromatic N) is 1. The van der Waals surface area contributed by atoms with Gasteiger partial charge in [0.1, 0.15) is 5.78 Å². The van der Waals surface area contributed by atoms with E-state index in [0.29, 0.717) is 18.2 Å². The summed E-state index contributed by atoms with van der Waals surface area (Å²) in [5.41, 5.74) is 0. The number of hydrogen-bond acceptors (Lipinski definition) is 2. The maximum atomic E-state index is 11.3. The minimum absolute atomic E-state index is 0.193. The second-order valence-corrected chi connectivity index (χ2v) is 3.53. The molecule has 0 spiro atoms. The molecule has 12 heavy (non-hydrogen) atoms. The quantitative estimate of drug-likeness (QED) is 0.580. The van der Waals surface area contributed by atoms with Crippen molar-refractivity contribution in [1.29, 1.82) is 0 Å². The van der Waals surface area contributed by atoms with Gasteiger partial charge in [0.2, 0.25) is 0 Å². The molecule has 1 fully saturated rings. The zero-order chi connectivity index (χ0) is 9.14. The lowest BCUT2D eigenvalue weighted by Crippen LogP contribution is -2.46. The van der Waals surface area contributed by atoms with Gasteiger partial charge in [0.15, 0.2) is 0 Å². The minimum Gasteiger partial charge on any atom is -0.299 e. The fourth-order valence-corrected chi connectivity index (χ4v) is 1.69. The molecule has 2 nitrogen and oxygen atoms in total. The molecule has 2 atom stereocenters. The van der Waals surface area contributed by atoms with E-state index >= 15 is 0 Å². The van der Waals surface area contributed by atoms with Crippen molar-refractivity contribution in [2.75, 3.05) is 13.1 Å². The van der Waals surface area contributed by atoms with Crippen molar-refractivity contribution in [3.8, 4) is 0 Å². The lowest BCUT2D eigenvalue weighted by molar-refractivity contribution is -0.127. The van der Waals surface area contributed by atoms with E-state index in [-0.39, 0.29) is 5.92 Å². The highest BCUT2D eigenvalue weighted by atomic mass is 16.1. The van der Waals surface area contributed by atoms with Crippen LogP contribution in [0, 0.1) is 5.92 Å². The van der Waals surface area contributed by atoms with Gasteiger partial charge < -0.3 is 0 Å². The average Bonchev–Trinajstić information content (AvgIpc) is 2.07. The molecule has 0 N–H and O–H groups in total. The first-order valence-corrected chi connectivity index (χ1v) is 4.54. The zero-order valence-electron chi connectivity index (χ0n) is 7.92. The van der Waals surface area contributed by atoms with Crippen LogP contribution in [0.25, 0.3) is 0 Å². The third-order valence-corrected chi connectivity index (χ3v) is 2.82. The average molecular weight is 167 g/mol. The summed E-state index contributed by atoms with van der Waals surface area (Å²) < 4.78 is 0. The first-order chi connectivity index (χ1) is 5.66. The molecule has 2 heteroatoms. The predicted molar refractivity (Wildman–Crippen MR) is 50.0 cm³/mol. The number of hydrogen-bond donors (Lipinski definition) is 0. The van der Waals surface area contributed by atoms with E-state index in [1.165, 1.54) is 0 Å². The van der Waals surface area contributed by atoms with Gasteiger partial charge >= 0.3 is 0 Å². The van der Waals surface area contributed by atoms with E-state index in [1.807, 2.05) is 13.0 Å². The number of likely N-dealkylation sites (tertiary alicyclic amines) is 1. The van der Waals surface area contributed by atoms with E-state index in [2.05, 4.69) is 18.4 Å². The van der Waals surface area contributed by atoms with Crippen LogP contribution in [-0.4, -0.2) is 29.8 Å². The van der Waals surface area contributed by atoms with Crippen LogP contribution < -0.4 is 0 Å². The van der Waals surface area contributed by atoms with Crippen molar-refractivity contribution in [1.82, 2.24) is 4.90 Å². The molecule has 0 aromatic heterocycles. The highest BCUT2D eigenvalue weighted by Gasteiger charge is 2.29. The molecule has 0 aliphatic carbocycles. The van der Waals surface area contributed by atoms with Crippen LogP contribution in [0.4, 0.5) is 0 Å².